The molecule has 2 aromatic carbocycles. The van der Waals surface area contributed by atoms with Crippen LogP contribution in [0.25, 0.3) is 11.0 Å². The predicted molar refractivity (Wildman–Crippen MR) is 128 cm³/mol. The van der Waals surface area contributed by atoms with Gasteiger partial charge in [0.15, 0.2) is 11.3 Å². The SMILES string of the molecule is O=c1cc(N2CCOCC2)oc2c(CNc3cc(F)cc(F)c3)cc(C#CSI)cc12. The lowest BCUT2D eigenvalue weighted by Gasteiger charge is -2.27. The molecule has 9 heteroatoms. The van der Waals surface area contributed by atoms with Crippen molar-refractivity contribution in [3.8, 4) is 11.2 Å². The van der Waals surface area contributed by atoms with Crippen LogP contribution in [0.3, 0.4) is 0 Å². The Morgan fingerprint density at radius 1 is 1.10 bits per heavy atom. The van der Waals surface area contributed by atoms with Crippen molar-refractivity contribution in [2.45, 2.75) is 6.54 Å². The molecule has 0 bridgehead atoms. The molecule has 0 atom stereocenters. The molecule has 31 heavy (non-hydrogen) atoms. The molecule has 1 N–H and O–H groups in total. The van der Waals surface area contributed by atoms with Crippen LogP contribution in [-0.4, -0.2) is 26.3 Å². The zero-order chi connectivity index (χ0) is 21.8. The van der Waals surface area contributed by atoms with Crippen LogP contribution < -0.4 is 15.6 Å². The van der Waals surface area contributed by atoms with Crippen LogP contribution in [0.15, 0.2) is 45.6 Å². The molecule has 1 aliphatic heterocycles. The van der Waals surface area contributed by atoms with Gasteiger partial charge in [0.1, 0.15) is 17.2 Å². The number of rotatable bonds is 4. The lowest BCUT2D eigenvalue weighted by atomic mass is 10.1. The van der Waals surface area contributed by atoms with Crippen molar-refractivity contribution in [1.29, 1.82) is 0 Å². The number of hydrogen-bond donors (Lipinski definition) is 1. The van der Waals surface area contributed by atoms with Gasteiger partial charge in [-0.25, -0.2) is 8.78 Å². The quantitative estimate of drug-likeness (QED) is 0.366. The van der Waals surface area contributed by atoms with Gasteiger partial charge in [0.2, 0.25) is 0 Å². The van der Waals surface area contributed by atoms with Gasteiger partial charge in [-0.2, -0.15) is 0 Å². The first-order valence-electron chi connectivity index (χ1n) is 9.45. The van der Waals surface area contributed by atoms with Gasteiger partial charge in [-0.1, -0.05) is 5.92 Å². The maximum Gasteiger partial charge on any atom is 0.200 e. The number of ether oxygens (including phenoxy) is 1. The summed E-state index contributed by atoms with van der Waals surface area (Å²) in [6.45, 7) is 2.57. The number of benzene rings is 2. The lowest BCUT2D eigenvalue weighted by Crippen LogP contribution is -2.36. The number of fused-ring (bicyclic) bond motifs is 1. The third-order valence-electron chi connectivity index (χ3n) is 4.79. The van der Waals surface area contributed by atoms with E-state index in [0.29, 0.717) is 54.3 Å². The van der Waals surface area contributed by atoms with Gasteiger partial charge in [-0.3, -0.25) is 4.79 Å². The molecule has 0 spiro atoms. The number of nitrogens with zero attached hydrogens (tertiary/aromatic N) is 1. The molecular formula is C22H17F2IN2O3S. The highest BCUT2D eigenvalue weighted by Gasteiger charge is 2.17. The largest absolute Gasteiger partial charge is 0.440 e. The molecular weight excluding hydrogens is 537 g/mol. The van der Waals surface area contributed by atoms with E-state index in [4.69, 9.17) is 9.15 Å². The highest BCUT2D eigenvalue weighted by atomic mass is 127. The van der Waals surface area contributed by atoms with Crippen molar-refractivity contribution < 1.29 is 17.9 Å². The van der Waals surface area contributed by atoms with Gasteiger partial charge in [0.25, 0.3) is 0 Å². The van der Waals surface area contributed by atoms with Crippen molar-refractivity contribution in [3.63, 3.8) is 0 Å². The number of hydrogen-bond acceptors (Lipinski definition) is 6. The molecule has 0 amide bonds. The molecule has 1 aliphatic rings. The monoisotopic (exact) mass is 554 g/mol. The minimum absolute atomic E-state index is 0.174. The van der Waals surface area contributed by atoms with Crippen molar-refractivity contribution in [1.82, 2.24) is 0 Å². The molecule has 3 aromatic rings. The van der Waals surface area contributed by atoms with Crippen molar-refractivity contribution >= 4 is 52.7 Å². The Kier molecular flexibility index (Phi) is 6.99. The smallest absolute Gasteiger partial charge is 0.200 e. The van der Waals surface area contributed by atoms with Gasteiger partial charge < -0.3 is 19.4 Å². The van der Waals surface area contributed by atoms with E-state index in [9.17, 15) is 13.6 Å². The third kappa shape index (κ3) is 5.31. The highest BCUT2D eigenvalue weighted by molar-refractivity contribution is 14.2. The fourth-order valence-electron chi connectivity index (χ4n) is 3.39. The second-order valence-electron chi connectivity index (χ2n) is 6.88. The topological polar surface area (TPSA) is 54.7 Å². The van der Waals surface area contributed by atoms with Crippen LogP contribution in [0.4, 0.5) is 20.4 Å². The van der Waals surface area contributed by atoms with Crippen molar-refractivity contribution in [2.75, 3.05) is 36.5 Å². The Labute approximate surface area is 193 Å². The molecule has 4 rings (SSSR count). The first-order valence-corrected chi connectivity index (χ1v) is 12.8. The Morgan fingerprint density at radius 2 is 1.84 bits per heavy atom. The van der Waals surface area contributed by atoms with E-state index < -0.39 is 11.6 Å². The van der Waals surface area contributed by atoms with Crippen LogP contribution >= 0.6 is 30.1 Å². The normalized spacial score (nSPS) is 13.7. The number of morpholine rings is 1. The molecule has 1 aromatic heterocycles. The van der Waals surface area contributed by atoms with Crippen LogP contribution in [0.5, 0.6) is 0 Å². The van der Waals surface area contributed by atoms with E-state index >= 15 is 0 Å². The fraction of sp³-hybridized carbons (Fsp3) is 0.227. The van der Waals surface area contributed by atoms with E-state index in [-0.39, 0.29) is 17.7 Å². The van der Waals surface area contributed by atoms with E-state index in [2.05, 4.69) is 37.7 Å². The standard InChI is InChI=1S/C22H17F2IN2O3S/c23-16-9-17(24)11-18(10-16)26-13-15-7-14(1-6-31-25)8-19-20(28)12-21(30-22(15)19)27-2-4-29-5-3-27/h7-12,26H,2-5,13H2. The second kappa shape index (κ2) is 9.89. The molecule has 1 fully saturated rings. The van der Waals surface area contributed by atoms with Gasteiger partial charge in [0, 0.05) is 69.8 Å². The van der Waals surface area contributed by atoms with Crippen LogP contribution in [0, 0.1) is 22.8 Å². The average molecular weight is 554 g/mol. The number of nitrogens with one attached hydrogen (secondary N) is 1. The Bertz CT molecular complexity index is 1210. The number of halogens is 3. The van der Waals surface area contributed by atoms with Crippen LogP contribution in [-0.2, 0) is 11.3 Å². The number of anilines is 2. The molecule has 160 valence electrons. The van der Waals surface area contributed by atoms with Gasteiger partial charge in [-0.15, -0.1) is 0 Å². The summed E-state index contributed by atoms with van der Waals surface area (Å²) in [5.74, 6) is 2.12. The molecule has 2 heterocycles. The maximum absolute atomic E-state index is 13.5. The Balaban J connectivity index is 1.77. The minimum Gasteiger partial charge on any atom is -0.440 e. The zero-order valence-corrected chi connectivity index (χ0v) is 19.2. The summed E-state index contributed by atoms with van der Waals surface area (Å²) in [6, 6.07) is 8.23. The van der Waals surface area contributed by atoms with E-state index in [0.717, 1.165) is 6.07 Å². The zero-order valence-electron chi connectivity index (χ0n) is 16.2. The highest BCUT2D eigenvalue weighted by Crippen LogP contribution is 2.26. The van der Waals surface area contributed by atoms with E-state index in [1.807, 2.05) is 11.0 Å². The second-order valence-corrected chi connectivity index (χ2v) is 8.56. The summed E-state index contributed by atoms with van der Waals surface area (Å²) >= 11 is 2.07. The van der Waals surface area contributed by atoms with Crippen LogP contribution in [0.2, 0.25) is 0 Å². The Hall–Kier alpha value is -2.29. The summed E-state index contributed by atoms with van der Waals surface area (Å²) < 4.78 is 38.6. The molecule has 5 nitrogen and oxygen atoms in total. The fourth-order valence-corrected chi connectivity index (χ4v) is 3.88. The van der Waals surface area contributed by atoms with E-state index in [1.54, 1.807) is 6.07 Å². The maximum atomic E-state index is 13.5. The molecule has 0 aliphatic carbocycles. The van der Waals surface area contributed by atoms with E-state index in [1.165, 1.54) is 27.1 Å². The Morgan fingerprint density at radius 3 is 2.55 bits per heavy atom. The van der Waals surface area contributed by atoms with Gasteiger partial charge >= 0.3 is 0 Å². The molecule has 0 unspecified atom stereocenters. The summed E-state index contributed by atoms with van der Waals surface area (Å²) in [7, 11) is 1.34. The average Bonchev–Trinajstić information content (AvgIpc) is 2.76. The first-order chi connectivity index (χ1) is 15.0. The summed E-state index contributed by atoms with van der Waals surface area (Å²) in [4.78, 5) is 14.9. The summed E-state index contributed by atoms with van der Waals surface area (Å²) in [6.07, 6.45) is 0. The summed E-state index contributed by atoms with van der Waals surface area (Å²) in [5, 5.41) is 6.32. The summed E-state index contributed by atoms with van der Waals surface area (Å²) in [5.41, 5.74) is 1.86. The minimum atomic E-state index is -0.674. The van der Waals surface area contributed by atoms with Crippen molar-refractivity contribution in [3.05, 3.63) is 69.4 Å². The van der Waals surface area contributed by atoms with Crippen LogP contribution in [0.1, 0.15) is 11.1 Å². The lowest BCUT2D eigenvalue weighted by molar-refractivity contribution is 0.121. The molecule has 1 saturated heterocycles. The van der Waals surface area contributed by atoms with Crippen molar-refractivity contribution in [2.24, 2.45) is 0 Å². The first kappa shape index (κ1) is 21.9. The molecule has 0 saturated carbocycles. The molecule has 0 radical (unpaired) electrons. The van der Waals surface area contributed by atoms with Gasteiger partial charge in [-0.05, 0) is 38.5 Å². The third-order valence-corrected chi connectivity index (χ3v) is 5.63. The predicted octanol–water partition coefficient (Wildman–Crippen LogP) is 4.91. The van der Waals surface area contributed by atoms with Gasteiger partial charge in [0.05, 0.1) is 18.6 Å².